The summed E-state index contributed by atoms with van der Waals surface area (Å²) in [5, 5.41) is 9.90. The highest BCUT2D eigenvalue weighted by molar-refractivity contribution is 7.81. The second-order valence-electron chi connectivity index (χ2n) is 5.03. The fourth-order valence-corrected chi connectivity index (χ4v) is 2.69. The van der Waals surface area contributed by atoms with Crippen molar-refractivity contribution in [1.29, 1.82) is 0 Å². The molecule has 25 heavy (non-hydrogen) atoms. The average molecular weight is 364 g/mol. The SMILES string of the molecule is COc1ccc(-c2coc3cc(OS(=O)(=O)O)cc(O)c3c2=O)cc1. The molecule has 0 saturated carbocycles. The summed E-state index contributed by atoms with van der Waals surface area (Å²) in [4.78, 5) is 12.6. The fourth-order valence-electron chi connectivity index (χ4n) is 2.35. The van der Waals surface area contributed by atoms with Gasteiger partial charge in [-0.15, -0.1) is 0 Å². The average Bonchev–Trinajstić information content (AvgIpc) is 2.53. The molecule has 0 aliphatic carbocycles. The van der Waals surface area contributed by atoms with Gasteiger partial charge in [0.05, 0.1) is 12.7 Å². The molecule has 1 aromatic heterocycles. The molecule has 0 amide bonds. The first kappa shape index (κ1) is 16.8. The zero-order chi connectivity index (χ0) is 18.2. The molecule has 2 aromatic carbocycles. The first-order valence-corrected chi connectivity index (χ1v) is 8.25. The van der Waals surface area contributed by atoms with Gasteiger partial charge < -0.3 is 18.4 Å². The highest BCUT2D eigenvalue weighted by Gasteiger charge is 2.16. The van der Waals surface area contributed by atoms with Crippen LogP contribution in [0.3, 0.4) is 0 Å². The van der Waals surface area contributed by atoms with Crippen LogP contribution in [0.1, 0.15) is 0 Å². The van der Waals surface area contributed by atoms with Crippen molar-refractivity contribution in [2.45, 2.75) is 0 Å². The lowest BCUT2D eigenvalue weighted by Gasteiger charge is -2.07. The van der Waals surface area contributed by atoms with E-state index in [1.165, 1.54) is 13.4 Å². The van der Waals surface area contributed by atoms with Crippen molar-refractivity contribution in [3.8, 4) is 28.4 Å². The van der Waals surface area contributed by atoms with Crippen LogP contribution in [-0.4, -0.2) is 25.2 Å². The van der Waals surface area contributed by atoms with Crippen molar-refractivity contribution in [3.05, 3.63) is 52.9 Å². The minimum Gasteiger partial charge on any atom is -0.507 e. The van der Waals surface area contributed by atoms with Gasteiger partial charge in [0.15, 0.2) is 5.75 Å². The van der Waals surface area contributed by atoms with Gasteiger partial charge in [-0.05, 0) is 17.7 Å². The Kier molecular flexibility index (Phi) is 4.11. The summed E-state index contributed by atoms with van der Waals surface area (Å²) in [7, 11) is -3.26. The minimum absolute atomic E-state index is 0.0964. The molecular formula is C16H12O8S. The number of phenolic OH excluding ortho intramolecular Hbond substituents is 1. The van der Waals surface area contributed by atoms with Crippen LogP contribution >= 0.6 is 0 Å². The van der Waals surface area contributed by atoms with E-state index >= 15 is 0 Å². The quantitative estimate of drug-likeness (QED) is 0.676. The smallest absolute Gasteiger partial charge is 0.446 e. The predicted molar refractivity (Wildman–Crippen MR) is 88.3 cm³/mol. The number of phenols is 1. The van der Waals surface area contributed by atoms with E-state index in [-0.39, 0.29) is 16.5 Å². The van der Waals surface area contributed by atoms with Crippen LogP contribution in [0.4, 0.5) is 0 Å². The van der Waals surface area contributed by atoms with Crippen LogP contribution in [-0.2, 0) is 10.4 Å². The van der Waals surface area contributed by atoms with E-state index in [4.69, 9.17) is 13.7 Å². The second-order valence-corrected chi connectivity index (χ2v) is 6.06. The van der Waals surface area contributed by atoms with Crippen molar-refractivity contribution in [3.63, 3.8) is 0 Å². The van der Waals surface area contributed by atoms with Gasteiger partial charge in [-0.3, -0.25) is 9.35 Å². The second kappa shape index (κ2) is 6.11. The normalized spacial score (nSPS) is 11.4. The summed E-state index contributed by atoms with van der Waals surface area (Å²) in [5.74, 6) is -0.322. The molecule has 8 nitrogen and oxygen atoms in total. The van der Waals surface area contributed by atoms with Crippen molar-refractivity contribution in [2.24, 2.45) is 0 Å². The van der Waals surface area contributed by atoms with Crippen molar-refractivity contribution >= 4 is 21.4 Å². The monoisotopic (exact) mass is 364 g/mol. The van der Waals surface area contributed by atoms with E-state index in [1.807, 2.05) is 0 Å². The van der Waals surface area contributed by atoms with Gasteiger partial charge in [-0.1, -0.05) is 12.1 Å². The van der Waals surface area contributed by atoms with Gasteiger partial charge in [0, 0.05) is 12.1 Å². The summed E-state index contributed by atoms with van der Waals surface area (Å²) in [6.45, 7) is 0. The largest absolute Gasteiger partial charge is 0.507 e. The van der Waals surface area contributed by atoms with Crippen molar-refractivity contribution in [2.75, 3.05) is 7.11 Å². The third kappa shape index (κ3) is 3.42. The van der Waals surface area contributed by atoms with Gasteiger partial charge >= 0.3 is 10.4 Å². The maximum atomic E-state index is 12.6. The lowest BCUT2D eigenvalue weighted by Crippen LogP contribution is -2.08. The molecule has 0 fully saturated rings. The third-order valence-corrected chi connectivity index (χ3v) is 3.84. The van der Waals surface area contributed by atoms with Gasteiger partial charge in [-0.25, -0.2) is 0 Å². The molecule has 2 N–H and O–H groups in total. The molecule has 0 bridgehead atoms. The topological polar surface area (TPSA) is 123 Å². The van der Waals surface area contributed by atoms with E-state index in [1.54, 1.807) is 24.3 Å². The van der Waals surface area contributed by atoms with Crippen molar-refractivity contribution in [1.82, 2.24) is 0 Å². The Morgan fingerprint density at radius 3 is 2.36 bits per heavy atom. The maximum absolute atomic E-state index is 12.6. The Hall–Kier alpha value is -3.04. The number of hydrogen-bond donors (Lipinski definition) is 2. The molecule has 3 rings (SSSR count). The van der Waals surface area contributed by atoms with Gasteiger partial charge in [0.25, 0.3) is 0 Å². The van der Waals surface area contributed by atoms with E-state index in [9.17, 15) is 18.3 Å². The van der Waals surface area contributed by atoms with Crippen LogP contribution in [0.25, 0.3) is 22.1 Å². The van der Waals surface area contributed by atoms with E-state index in [0.717, 1.165) is 12.1 Å². The Morgan fingerprint density at radius 1 is 1.08 bits per heavy atom. The summed E-state index contributed by atoms with van der Waals surface area (Å²) in [6.07, 6.45) is 1.18. The number of ether oxygens (including phenoxy) is 1. The van der Waals surface area contributed by atoms with E-state index < -0.39 is 27.3 Å². The van der Waals surface area contributed by atoms with Gasteiger partial charge in [-0.2, -0.15) is 8.42 Å². The van der Waals surface area contributed by atoms with Crippen molar-refractivity contribution < 1.29 is 31.4 Å². The molecule has 0 radical (unpaired) electrons. The Balaban J connectivity index is 2.15. The zero-order valence-electron chi connectivity index (χ0n) is 12.8. The molecule has 9 heteroatoms. The van der Waals surface area contributed by atoms with Gasteiger partial charge in [0.1, 0.15) is 28.7 Å². The summed E-state index contributed by atoms with van der Waals surface area (Å²) in [6, 6.07) is 8.62. The molecule has 0 saturated heterocycles. The molecule has 0 spiro atoms. The number of fused-ring (bicyclic) bond motifs is 1. The Labute approximate surface area is 141 Å². The van der Waals surface area contributed by atoms with Crippen LogP contribution < -0.4 is 14.3 Å². The standard InChI is InChI=1S/C16H12O8S/c1-22-10-4-2-9(3-5-10)12-8-23-14-7-11(24-25(19,20)21)6-13(17)15(14)16(12)18/h2-8,17H,1H3,(H,19,20,21). The molecule has 0 unspecified atom stereocenters. The van der Waals surface area contributed by atoms with Crippen LogP contribution in [0, 0.1) is 0 Å². The number of aromatic hydroxyl groups is 1. The first-order valence-electron chi connectivity index (χ1n) is 6.88. The van der Waals surface area contributed by atoms with Crippen LogP contribution in [0.2, 0.25) is 0 Å². The fraction of sp³-hybridized carbons (Fsp3) is 0.0625. The molecule has 1 heterocycles. The summed E-state index contributed by atoms with van der Waals surface area (Å²) < 4.78 is 44.8. The van der Waals surface area contributed by atoms with Crippen LogP contribution in [0.15, 0.2) is 51.9 Å². The molecule has 0 atom stereocenters. The van der Waals surface area contributed by atoms with Crippen LogP contribution in [0.5, 0.6) is 17.2 Å². The maximum Gasteiger partial charge on any atom is 0.446 e. The molecule has 3 aromatic rings. The summed E-state index contributed by atoms with van der Waals surface area (Å²) in [5.41, 5.74) is 0.145. The first-order chi connectivity index (χ1) is 11.8. The summed E-state index contributed by atoms with van der Waals surface area (Å²) >= 11 is 0. The Morgan fingerprint density at radius 2 is 1.76 bits per heavy atom. The molecular weight excluding hydrogens is 352 g/mol. The van der Waals surface area contributed by atoms with E-state index in [2.05, 4.69) is 4.18 Å². The molecule has 0 aliphatic heterocycles. The highest BCUT2D eigenvalue weighted by Crippen LogP contribution is 2.31. The number of hydrogen-bond acceptors (Lipinski definition) is 7. The lowest BCUT2D eigenvalue weighted by atomic mass is 10.0. The zero-order valence-corrected chi connectivity index (χ0v) is 13.6. The number of rotatable bonds is 4. The Bertz CT molecular complexity index is 1100. The minimum atomic E-state index is -4.77. The molecule has 130 valence electrons. The van der Waals surface area contributed by atoms with E-state index in [0.29, 0.717) is 11.3 Å². The highest BCUT2D eigenvalue weighted by atomic mass is 32.3. The predicted octanol–water partition coefficient (Wildman–Crippen LogP) is 2.36. The molecule has 0 aliphatic rings. The third-order valence-electron chi connectivity index (χ3n) is 3.43. The lowest BCUT2D eigenvalue weighted by molar-refractivity contribution is 0.385. The number of methoxy groups -OCH3 is 1. The number of benzene rings is 2. The van der Waals surface area contributed by atoms with Gasteiger partial charge in [0.2, 0.25) is 5.43 Å².